The Morgan fingerprint density at radius 1 is 1.21 bits per heavy atom. The molecule has 1 aromatic carbocycles. The van der Waals surface area contributed by atoms with Crippen molar-refractivity contribution in [3.8, 4) is 0 Å². The molecule has 3 aromatic rings. The van der Waals surface area contributed by atoms with Crippen molar-refractivity contribution in [2.75, 3.05) is 5.32 Å². The summed E-state index contributed by atoms with van der Waals surface area (Å²) in [6.07, 6.45) is 5.37. The SMILES string of the molecule is O=C(Cc1ccc2[nH]ccc2c1)Nc1ncccn1. The van der Waals surface area contributed by atoms with Gasteiger partial charge in [-0.25, -0.2) is 9.97 Å². The average Bonchev–Trinajstić information content (AvgIpc) is 2.87. The van der Waals surface area contributed by atoms with E-state index in [4.69, 9.17) is 0 Å². The lowest BCUT2D eigenvalue weighted by Gasteiger charge is -2.03. The number of nitrogens with zero attached hydrogens (tertiary/aromatic N) is 2. The molecular weight excluding hydrogens is 240 g/mol. The highest BCUT2D eigenvalue weighted by molar-refractivity contribution is 5.91. The molecule has 0 aliphatic rings. The molecule has 0 aliphatic carbocycles. The highest BCUT2D eigenvalue weighted by Crippen LogP contribution is 2.14. The van der Waals surface area contributed by atoms with Crippen LogP contribution in [0.3, 0.4) is 0 Å². The van der Waals surface area contributed by atoms with Gasteiger partial charge >= 0.3 is 0 Å². The van der Waals surface area contributed by atoms with Crippen molar-refractivity contribution >= 4 is 22.8 Å². The number of hydrogen-bond acceptors (Lipinski definition) is 3. The third-order valence-electron chi connectivity index (χ3n) is 2.80. The Morgan fingerprint density at radius 3 is 2.89 bits per heavy atom. The van der Waals surface area contributed by atoms with E-state index in [1.165, 1.54) is 0 Å². The Balaban J connectivity index is 1.72. The zero-order chi connectivity index (χ0) is 13.1. The van der Waals surface area contributed by atoms with Gasteiger partial charge in [0.25, 0.3) is 0 Å². The molecule has 0 bridgehead atoms. The minimum Gasteiger partial charge on any atom is -0.361 e. The molecule has 2 N–H and O–H groups in total. The lowest BCUT2D eigenvalue weighted by Crippen LogP contribution is -2.16. The molecule has 3 rings (SSSR count). The van der Waals surface area contributed by atoms with Gasteiger partial charge in [0.1, 0.15) is 0 Å². The first-order chi connectivity index (χ1) is 9.31. The van der Waals surface area contributed by atoms with E-state index in [0.717, 1.165) is 16.5 Å². The summed E-state index contributed by atoms with van der Waals surface area (Å²) in [5.41, 5.74) is 2.02. The molecule has 0 atom stereocenters. The van der Waals surface area contributed by atoms with Crippen LogP contribution in [0, 0.1) is 0 Å². The fourth-order valence-electron chi connectivity index (χ4n) is 1.93. The van der Waals surface area contributed by atoms with Gasteiger partial charge in [-0.05, 0) is 35.2 Å². The van der Waals surface area contributed by atoms with Gasteiger partial charge in [-0.1, -0.05) is 6.07 Å². The number of aromatic nitrogens is 3. The lowest BCUT2D eigenvalue weighted by atomic mass is 10.1. The van der Waals surface area contributed by atoms with Gasteiger partial charge in [-0.15, -0.1) is 0 Å². The minimum absolute atomic E-state index is 0.124. The van der Waals surface area contributed by atoms with E-state index >= 15 is 0 Å². The zero-order valence-corrected chi connectivity index (χ0v) is 10.1. The number of carbonyl (C=O) groups is 1. The zero-order valence-electron chi connectivity index (χ0n) is 10.1. The van der Waals surface area contributed by atoms with Gasteiger partial charge in [0.05, 0.1) is 6.42 Å². The van der Waals surface area contributed by atoms with E-state index < -0.39 is 0 Å². The molecule has 1 amide bonds. The number of anilines is 1. The van der Waals surface area contributed by atoms with Gasteiger partial charge in [0.15, 0.2) is 0 Å². The Bertz CT molecular complexity index is 706. The van der Waals surface area contributed by atoms with Crippen LogP contribution in [-0.2, 0) is 11.2 Å². The van der Waals surface area contributed by atoms with Gasteiger partial charge in [0.2, 0.25) is 11.9 Å². The predicted molar refractivity (Wildman–Crippen MR) is 72.7 cm³/mol. The number of rotatable bonds is 3. The molecule has 5 nitrogen and oxygen atoms in total. The third-order valence-corrected chi connectivity index (χ3v) is 2.80. The van der Waals surface area contributed by atoms with Crippen LogP contribution in [-0.4, -0.2) is 20.9 Å². The number of aromatic amines is 1. The van der Waals surface area contributed by atoms with Crippen molar-refractivity contribution in [2.45, 2.75) is 6.42 Å². The Kier molecular flexibility index (Phi) is 2.94. The van der Waals surface area contributed by atoms with E-state index in [0.29, 0.717) is 12.4 Å². The molecule has 2 aromatic heterocycles. The minimum atomic E-state index is -0.124. The molecule has 94 valence electrons. The van der Waals surface area contributed by atoms with Crippen LogP contribution in [0.5, 0.6) is 0 Å². The first-order valence-electron chi connectivity index (χ1n) is 5.94. The second-order valence-electron chi connectivity index (χ2n) is 4.20. The van der Waals surface area contributed by atoms with Crippen molar-refractivity contribution in [1.29, 1.82) is 0 Å². The lowest BCUT2D eigenvalue weighted by molar-refractivity contribution is -0.115. The molecule has 0 saturated heterocycles. The maximum Gasteiger partial charge on any atom is 0.231 e. The molecule has 0 unspecified atom stereocenters. The highest BCUT2D eigenvalue weighted by Gasteiger charge is 2.06. The average molecular weight is 252 g/mol. The number of fused-ring (bicyclic) bond motifs is 1. The topological polar surface area (TPSA) is 70.7 Å². The van der Waals surface area contributed by atoms with Crippen LogP contribution >= 0.6 is 0 Å². The highest BCUT2D eigenvalue weighted by atomic mass is 16.1. The summed E-state index contributed by atoms with van der Waals surface area (Å²) in [6, 6.07) is 9.59. The van der Waals surface area contributed by atoms with E-state index in [-0.39, 0.29) is 5.91 Å². The third kappa shape index (κ3) is 2.60. The van der Waals surface area contributed by atoms with Crippen LogP contribution in [0.4, 0.5) is 5.95 Å². The van der Waals surface area contributed by atoms with Crippen molar-refractivity contribution in [2.24, 2.45) is 0 Å². The Labute approximate surface area is 109 Å². The number of H-pyrrole nitrogens is 1. The standard InChI is InChI=1S/C14H12N4O/c19-13(18-14-16-5-1-6-17-14)9-10-2-3-12-11(8-10)4-7-15-12/h1-8,15H,9H2,(H,16,17,18,19). The van der Waals surface area contributed by atoms with Gasteiger partial charge < -0.3 is 4.98 Å². The summed E-state index contributed by atoms with van der Waals surface area (Å²) < 4.78 is 0. The second-order valence-corrected chi connectivity index (χ2v) is 4.20. The van der Waals surface area contributed by atoms with Gasteiger partial charge in [0, 0.05) is 24.1 Å². The summed E-state index contributed by atoms with van der Waals surface area (Å²) in [7, 11) is 0. The molecule has 19 heavy (non-hydrogen) atoms. The summed E-state index contributed by atoms with van der Waals surface area (Å²) in [4.78, 5) is 22.9. The summed E-state index contributed by atoms with van der Waals surface area (Å²) >= 11 is 0. The van der Waals surface area contributed by atoms with Crippen LogP contribution in [0.2, 0.25) is 0 Å². The number of carbonyl (C=O) groups excluding carboxylic acids is 1. The molecule has 0 spiro atoms. The largest absolute Gasteiger partial charge is 0.361 e. The maximum absolute atomic E-state index is 11.9. The van der Waals surface area contributed by atoms with Crippen molar-refractivity contribution in [3.05, 3.63) is 54.5 Å². The van der Waals surface area contributed by atoms with Crippen LogP contribution in [0.15, 0.2) is 48.9 Å². The van der Waals surface area contributed by atoms with Gasteiger partial charge in [-0.3, -0.25) is 10.1 Å². The monoisotopic (exact) mass is 252 g/mol. The molecule has 0 saturated carbocycles. The molecule has 2 heterocycles. The smallest absolute Gasteiger partial charge is 0.231 e. The molecule has 0 radical (unpaired) electrons. The van der Waals surface area contributed by atoms with Crippen LogP contribution in [0.1, 0.15) is 5.56 Å². The van der Waals surface area contributed by atoms with Crippen molar-refractivity contribution < 1.29 is 4.79 Å². The number of amides is 1. The molecule has 5 heteroatoms. The van der Waals surface area contributed by atoms with E-state index in [9.17, 15) is 4.79 Å². The van der Waals surface area contributed by atoms with Crippen LogP contribution in [0.25, 0.3) is 10.9 Å². The fourth-order valence-corrected chi connectivity index (χ4v) is 1.93. The van der Waals surface area contributed by atoms with Crippen molar-refractivity contribution in [3.63, 3.8) is 0 Å². The van der Waals surface area contributed by atoms with Crippen molar-refractivity contribution in [1.82, 2.24) is 15.0 Å². The Morgan fingerprint density at radius 2 is 2.05 bits per heavy atom. The van der Waals surface area contributed by atoms with Gasteiger partial charge in [-0.2, -0.15) is 0 Å². The predicted octanol–water partition coefficient (Wildman–Crippen LogP) is 2.14. The summed E-state index contributed by atoms with van der Waals surface area (Å²) in [5, 5.41) is 3.76. The summed E-state index contributed by atoms with van der Waals surface area (Å²) in [6.45, 7) is 0. The first kappa shape index (κ1) is 11.4. The quantitative estimate of drug-likeness (QED) is 0.750. The number of hydrogen-bond donors (Lipinski definition) is 2. The Hall–Kier alpha value is -2.69. The van der Waals surface area contributed by atoms with E-state index in [1.54, 1.807) is 18.5 Å². The maximum atomic E-state index is 11.9. The number of nitrogens with one attached hydrogen (secondary N) is 2. The van der Waals surface area contributed by atoms with E-state index in [1.807, 2.05) is 30.5 Å². The second kappa shape index (κ2) is 4.89. The normalized spacial score (nSPS) is 10.5. The summed E-state index contributed by atoms with van der Waals surface area (Å²) in [5.74, 6) is 0.205. The number of benzene rings is 1. The first-order valence-corrected chi connectivity index (χ1v) is 5.94. The fraction of sp³-hybridized carbons (Fsp3) is 0.0714. The van der Waals surface area contributed by atoms with E-state index in [2.05, 4.69) is 20.3 Å². The molecule has 0 fully saturated rings. The molecular formula is C14H12N4O. The van der Waals surface area contributed by atoms with Crippen LogP contribution < -0.4 is 5.32 Å². The molecule has 0 aliphatic heterocycles.